The van der Waals surface area contributed by atoms with Crippen LogP contribution < -0.4 is 14.8 Å². The fraction of sp³-hybridized carbons (Fsp3) is 0.412. The summed E-state index contributed by atoms with van der Waals surface area (Å²) in [5.41, 5.74) is -0.226. The first-order chi connectivity index (χ1) is 12.7. The summed E-state index contributed by atoms with van der Waals surface area (Å²) < 4.78 is 38.4. The highest BCUT2D eigenvalue weighted by molar-refractivity contribution is 7.91. The molecular formula is C17H18ClNO7S. The van der Waals surface area contributed by atoms with Crippen LogP contribution in [0, 0.1) is 0 Å². The zero-order valence-electron chi connectivity index (χ0n) is 14.5. The SMILES string of the molecule is C[C@@]1(NC(=O)COC(=O)/C=C/c2cc(Cl)c3c(c2)OCO3)CCS(=O)(=O)C1. The molecule has 1 aromatic carbocycles. The second kappa shape index (κ2) is 7.40. The first-order valence-corrected chi connectivity index (χ1v) is 10.3. The number of carbonyl (C=O) groups is 2. The van der Waals surface area contributed by atoms with Gasteiger partial charge in [0.25, 0.3) is 5.91 Å². The van der Waals surface area contributed by atoms with Gasteiger partial charge in [-0.15, -0.1) is 0 Å². The number of rotatable bonds is 5. The molecule has 0 aliphatic carbocycles. The molecule has 0 saturated carbocycles. The van der Waals surface area contributed by atoms with Gasteiger partial charge < -0.3 is 19.5 Å². The van der Waals surface area contributed by atoms with Gasteiger partial charge in [-0.2, -0.15) is 0 Å². The summed E-state index contributed by atoms with van der Waals surface area (Å²) in [5.74, 6) is -0.426. The first kappa shape index (κ1) is 19.5. The Labute approximate surface area is 161 Å². The summed E-state index contributed by atoms with van der Waals surface area (Å²) in [4.78, 5) is 23.7. The van der Waals surface area contributed by atoms with E-state index in [1.165, 1.54) is 6.08 Å². The molecule has 10 heteroatoms. The van der Waals surface area contributed by atoms with Crippen LogP contribution in [0.15, 0.2) is 18.2 Å². The van der Waals surface area contributed by atoms with Gasteiger partial charge in [0.1, 0.15) is 0 Å². The lowest BCUT2D eigenvalue weighted by molar-refractivity contribution is -0.144. The largest absolute Gasteiger partial charge is 0.454 e. The van der Waals surface area contributed by atoms with Gasteiger partial charge in [0, 0.05) is 6.08 Å². The maximum atomic E-state index is 11.9. The number of sulfone groups is 1. The predicted molar refractivity (Wildman–Crippen MR) is 97.4 cm³/mol. The van der Waals surface area contributed by atoms with Crippen molar-refractivity contribution in [2.24, 2.45) is 0 Å². The van der Waals surface area contributed by atoms with E-state index in [9.17, 15) is 18.0 Å². The Morgan fingerprint density at radius 1 is 1.37 bits per heavy atom. The number of fused-ring (bicyclic) bond motifs is 1. The standard InChI is InChI=1S/C17H18ClNO7S/c1-17(4-5-27(22,23)9-17)19-14(20)8-24-15(21)3-2-11-6-12(18)16-13(7-11)25-10-26-16/h2-3,6-7H,4-5,8-10H2,1H3,(H,19,20)/b3-2+/t17-/m1/s1. The van der Waals surface area contributed by atoms with Crippen LogP contribution in [-0.4, -0.2) is 50.7 Å². The van der Waals surface area contributed by atoms with Gasteiger partial charge in [0.2, 0.25) is 6.79 Å². The number of amides is 1. The number of hydrogen-bond acceptors (Lipinski definition) is 7. The van der Waals surface area contributed by atoms with E-state index in [0.717, 1.165) is 6.08 Å². The van der Waals surface area contributed by atoms with E-state index in [2.05, 4.69) is 5.32 Å². The zero-order valence-corrected chi connectivity index (χ0v) is 16.1. The van der Waals surface area contributed by atoms with Crippen molar-refractivity contribution < 1.29 is 32.2 Å². The molecule has 1 aromatic rings. The van der Waals surface area contributed by atoms with Crippen LogP contribution in [0.4, 0.5) is 0 Å². The maximum Gasteiger partial charge on any atom is 0.331 e. The number of esters is 1. The monoisotopic (exact) mass is 415 g/mol. The van der Waals surface area contributed by atoms with Crippen molar-refractivity contribution in [2.45, 2.75) is 18.9 Å². The van der Waals surface area contributed by atoms with E-state index in [1.54, 1.807) is 19.1 Å². The molecule has 3 rings (SSSR count). The third kappa shape index (κ3) is 4.92. The lowest BCUT2D eigenvalue weighted by Gasteiger charge is -2.23. The van der Waals surface area contributed by atoms with Crippen LogP contribution in [-0.2, 0) is 24.2 Å². The van der Waals surface area contributed by atoms with Crippen LogP contribution in [0.5, 0.6) is 11.5 Å². The number of benzene rings is 1. The molecule has 1 saturated heterocycles. The van der Waals surface area contributed by atoms with E-state index in [4.69, 9.17) is 25.8 Å². The summed E-state index contributed by atoms with van der Waals surface area (Å²) in [5, 5.41) is 2.97. The molecule has 1 atom stereocenters. The van der Waals surface area contributed by atoms with Crippen molar-refractivity contribution in [1.29, 1.82) is 0 Å². The highest BCUT2D eigenvalue weighted by Gasteiger charge is 2.39. The number of ether oxygens (including phenoxy) is 3. The molecule has 0 radical (unpaired) electrons. The van der Waals surface area contributed by atoms with Crippen molar-refractivity contribution in [1.82, 2.24) is 5.32 Å². The predicted octanol–water partition coefficient (Wildman–Crippen LogP) is 1.32. The Balaban J connectivity index is 1.50. The van der Waals surface area contributed by atoms with Crippen LogP contribution in [0.25, 0.3) is 6.08 Å². The molecule has 146 valence electrons. The number of nitrogens with one attached hydrogen (secondary N) is 1. The maximum absolute atomic E-state index is 11.9. The summed E-state index contributed by atoms with van der Waals surface area (Å²) in [7, 11) is -3.14. The average molecular weight is 416 g/mol. The highest BCUT2D eigenvalue weighted by atomic mass is 35.5. The minimum Gasteiger partial charge on any atom is -0.454 e. The fourth-order valence-corrected chi connectivity index (χ4v) is 5.28. The molecule has 1 amide bonds. The molecule has 1 fully saturated rings. The Bertz CT molecular complexity index is 912. The smallest absolute Gasteiger partial charge is 0.331 e. The zero-order chi connectivity index (χ0) is 19.7. The number of hydrogen-bond donors (Lipinski definition) is 1. The van der Waals surface area contributed by atoms with Crippen molar-refractivity contribution >= 4 is 39.4 Å². The lowest BCUT2D eigenvalue weighted by atomic mass is 10.0. The van der Waals surface area contributed by atoms with Crippen LogP contribution in [0.1, 0.15) is 18.9 Å². The van der Waals surface area contributed by atoms with Gasteiger partial charge in [-0.05, 0) is 37.1 Å². The van der Waals surface area contributed by atoms with Crippen LogP contribution >= 0.6 is 11.6 Å². The second-order valence-electron chi connectivity index (χ2n) is 6.63. The Morgan fingerprint density at radius 3 is 2.85 bits per heavy atom. The van der Waals surface area contributed by atoms with E-state index < -0.39 is 33.9 Å². The number of halogens is 1. The normalized spacial score (nSPS) is 22.7. The van der Waals surface area contributed by atoms with Gasteiger partial charge in [-0.3, -0.25) is 4.79 Å². The number of carbonyl (C=O) groups excluding carboxylic acids is 2. The van der Waals surface area contributed by atoms with Crippen LogP contribution in [0.2, 0.25) is 5.02 Å². The van der Waals surface area contributed by atoms with Gasteiger partial charge in [-0.25, -0.2) is 13.2 Å². The minimum atomic E-state index is -3.14. The topological polar surface area (TPSA) is 108 Å². The summed E-state index contributed by atoms with van der Waals surface area (Å²) >= 11 is 6.06. The Kier molecular flexibility index (Phi) is 5.34. The first-order valence-electron chi connectivity index (χ1n) is 8.11. The molecular weight excluding hydrogens is 398 g/mol. The third-order valence-electron chi connectivity index (χ3n) is 4.15. The van der Waals surface area contributed by atoms with E-state index in [0.29, 0.717) is 28.5 Å². The van der Waals surface area contributed by atoms with E-state index >= 15 is 0 Å². The lowest BCUT2D eigenvalue weighted by Crippen LogP contribution is -2.48. The summed E-state index contributed by atoms with van der Waals surface area (Å²) in [6, 6.07) is 3.26. The quantitative estimate of drug-likeness (QED) is 0.570. The molecule has 2 heterocycles. The van der Waals surface area contributed by atoms with Crippen molar-refractivity contribution in [3.63, 3.8) is 0 Å². The minimum absolute atomic E-state index is 0.0321. The van der Waals surface area contributed by atoms with Crippen LogP contribution in [0.3, 0.4) is 0 Å². The van der Waals surface area contributed by atoms with Gasteiger partial charge in [0.05, 0.1) is 22.1 Å². The van der Waals surface area contributed by atoms with Crippen molar-refractivity contribution in [3.8, 4) is 11.5 Å². The fourth-order valence-electron chi connectivity index (χ4n) is 2.91. The third-order valence-corrected chi connectivity index (χ3v) is 6.34. The van der Waals surface area contributed by atoms with Gasteiger partial charge >= 0.3 is 5.97 Å². The molecule has 2 aliphatic heterocycles. The molecule has 0 unspecified atom stereocenters. The van der Waals surface area contributed by atoms with Gasteiger partial charge in [0.15, 0.2) is 27.9 Å². The Morgan fingerprint density at radius 2 is 2.15 bits per heavy atom. The average Bonchev–Trinajstić information content (AvgIpc) is 3.15. The molecule has 2 aliphatic rings. The van der Waals surface area contributed by atoms with Gasteiger partial charge in [-0.1, -0.05) is 11.6 Å². The highest BCUT2D eigenvalue weighted by Crippen LogP contribution is 2.40. The Hall–Kier alpha value is -2.26. The molecule has 8 nitrogen and oxygen atoms in total. The molecule has 0 aromatic heterocycles. The summed E-state index contributed by atoms with van der Waals surface area (Å²) in [6.07, 6.45) is 2.96. The van der Waals surface area contributed by atoms with E-state index in [-0.39, 0.29) is 18.3 Å². The van der Waals surface area contributed by atoms with Crippen molar-refractivity contribution in [2.75, 3.05) is 24.9 Å². The van der Waals surface area contributed by atoms with Crippen molar-refractivity contribution in [3.05, 3.63) is 28.8 Å². The molecule has 1 N–H and O–H groups in total. The molecule has 0 spiro atoms. The molecule has 0 bridgehead atoms. The van der Waals surface area contributed by atoms with E-state index in [1.807, 2.05) is 0 Å². The summed E-state index contributed by atoms with van der Waals surface area (Å²) in [6.45, 7) is 1.24. The second-order valence-corrected chi connectivity index (χ2v) is 9.22. The molecule has 27 heavy (non-hydrogen) atoms.